The predicted molar refractivity (Wildman–Crippen MR) is 106 cm³/mol. The van der Waals surface area contributed by atoms with Crippen LogP contribution in [0.25, 0.3) is 11.2 Å². The molecule has 1 aliphatic heterocycles. The van der Waals surface area contributed by atoms with E-state index in [0.29, 0.717) is 0 Å². The SMILES string of the molecule is COc1ccc(OC)c(CN2CCN(c3nc4cccnc4n3C)CC2)c1. The minimum absolute atomic E-state index is 0.846. The van der Waals surface area contributed by atoms with Crippen LogP contribution in [0.2, 0.25) is 0 Å². The second kappa shape index (κ2) is 7.44. The van der Waals surface area contributed by atoms with Crippen molar-refractivity contribution in [2.24, 2.45) is 7.05 Å². The number of hydrogen-bond acceptors (Lipinski definition) is 6. The molecule has 3 aromatic rings. The molecule has 27 heavy (non-hydrogen) atoms. The molecule has 0 N–H and O–H groups in total. The van der Waals surface area contributed by atoms with Gasteiger partial charge in [0.05, 0.1) is 14.2 Å². The zero-order chi connectivity index (χ0) is 18.8. The second-order valence-electron chi connectivity index (χ2n) is 6.76. The van der Waals surface area contributed by atoms with Gasteiger partial charge in [0.15, 0.2) is 5.65 Å². The number of aryl methyl sites for hydroxylation is 1. The lowest BCUT2D eigenvalue weighted by Crippen LogP contribution is -2.46. The third kappa shape index (κ3) is 3.42. The number of nitrogens with zero attached hydrogens (tertiary/aromatic N) is 5. The van der Waals surface area contributed by atoms with Crippen LogP contribution in [0.4, 0.5) is 5.95 Å². The van der Waals surface area contributed by atoms with Gasteiger partial charge in [0, 0.05) is 51.5 Å². The summed E-state index contributed by atoms with van der Waals surface area (Å²) in [6, 6.07) is 9.90. The lowest BCUT2D eigenvalue weighted by molar-refractivity contribution is 0.244. The molecular weight excluding hydrogens is 342 g/mol. The minimum atomic E-state index is 0.846. The molecule has 1 fully saturated rings. The van der Waals surface area contributed by atoms with E-state index in [2.05, 4.69) is 25.4 Å². The quantitative estimate of drug-likeness (QED) is 0.690. The maximum Gasteiger partial charge on any atom is 0.207 e. The van der Waals surface area contributed by atoms with Crippen LogP contribution in [0.1, 0.15) is 5.56 Å². The summed E-state index contributed by atoms with van der Waals surface area (Å²) in [5.41, 5.74) is 3.02. The van der Waals surface area contributed by atoms with Crippen molar-refractivity contribution in [3.8, 4) is 11.5 Å². The first-order valence-electron chi connectivity index (χ1n) is 9.15. The maximum atomic E-state index is 5.51. The van der Waals surface area contributed by atoms with Crippen molar-refractivity contribution in [3.63, 3.8) is 0 Å². The summed E-state index contributed by atoms with van der Waals surface area (Å²) < 4.78 is 13.0. The van der Waals surface area contributed by atoms with E-state index in [1.807, 2.05) is 37.5 Å². The molecule has 0 spiro atoms. The summed E-state index contributed by atoms with van der Waals surface area (Å²) in [7, 11) is 5.43. The maximum absolute atomic E-state index is 5.51. The number of methoxy groups -OCH3 is 2. The fourth-order valence-corrected chi connectivity index (χ4v) is 3.65. The number of rotatable bonds is 5. The molecule has 1 saturated heterocycles. The van der Waals surface area contributed by atoms with Gasteiger partial charge in [-0.2, -0.15) is 0 Å². The van der Waals surface area contributed by atoms with Gasteiger partial charge in [-0.25, -0.2) is 9.97 Å². The van der Waals surface area contributed by atoms with Gasteiger partial charge in [0.1, 0.15) is 17.0 Å². The smallest absolute Gasteiger partial charge is 0.207 e. The zero-order valence-electron chi connectivity index (χ0n) is 16.1. The molecule has 4 rings (SSSR count). The van der Waals surface area contributed by atoms with Crippen molar-refractivity contribution in [1.29, 1.82) is 0 Å². The summed E-state index contributed by atoms with van der Waals surface area (Å²) in [6.07, 6.45) is 1.81. The molecule has 7 nitrogen and oxygen atoms in total. The third-order valence-electron chi connectivity index (χ3n) is 5.14. The van der Waals surface area contributed by atoms with Crippen molar-refractivity contribution in [2.45, 2.75) is 6.54 Å². The van der Waals surface area contributed by atoms with Crippen molar-refractivity contribution in [1.82, 2.24) is 19.4 Å². The van der Waals surface area contributed by atoms with E-state index in [1.165, 1.54) is 0 Å². The fraction of sp³-hybridized carbons (Fsp3) is 0.400. The molecule has 0 aliphatic carbocycles. The number of benzene rings is 1. The minimum Gasteiger partial charge on any atom is -0.497 e. The topological polar surface area (TPSA) is 55.7 Å². The number of anilines is 1. The Morgan fingerprint density at radius 3 is 2.56 bits per heavy atom. The molecule has 1 aliphatic rings. The molecule has 7 heteroatoms. The predicted octanol–water partition coefficient (Wildman–Crippen LogP) is 2.31. The number of hydrogen-bond donors (Lipinski definition) is 0. The lowest BCUT2D eigenvalue weighted by atomic mass is 10.1. The standard InChI is InChI=1S/C20H25N5O2/c1-23-19-17(5-4-8-21-19)22-20(23)25-11-9-24(10-12-25)14-15-13-16(26-2)6-7-18(15)27-3/h4-8,13H,9-12,14H2,1-3H3. The first-order chi connectivity index (χ1) is 13.2. The van der Waals surface area contributed by atoms with Crippen molar-refractivity contribution >= 4 is 17.1 Å². The molecule has 0 atom stereocenters. The van der Waals surface area contributed by atoms with E-state index in [0.717, 1.165) is 66.9 Å². The molecular formula is C20H25N5O2. The first kappa shape index (κ1) is 17.6. The Morgan fingerprint density at radius 1 is 1.04 bits per heavy atom. The van der Waals surface area contributed by atoms with Gasteiger partial charge in [0.2, 0.25) is 5.95 Å². The fourth-order valence-electron chi connectivity index (χ4n) is 3.65. The van der Waals surface area contributed by atoms with Crippen LogP contribution in [-0.4, -0.2) is 59.8 Å². The summed E-state index contributed by atoms with van der Waals surface area (Å²) in [5, 5.41) is 0. The Bertz CT molecular complexity index is 931. The zero-order valence-corrected chi connectivity index (χ0v) is 16.1. The van der Waals surface area contributed by atoms with E-state index >= 15 is 0 Å². The van der Waals surface area contributed by atoms with Crippen LogP contribution < -0.4 is 14.4 Å². The van der Waals surface area contributed by atoms with Crippen molar-refractivity contribution in [2.75, 3.05) is 45.3 Å². The largest absolute Gasteiger partial charge is 0.497 e. The van der Waals surface area contributed by atoms with Gasteiger partial charge in [-0.3, -0.25) is 9.47 Å². The van der Waals surface area contributed by atoms with Gasteiger partial charge in [0.25, 0.3) is 0 Å². The normalized spacial score (nSPS) is 15.3. The van der Waals surface area contributed by atoms with E-state index in [-0.39, 0.29) is 0 Å². The lowest BCUT2D eigenvalue weighted by Gasteiger charge is -2.35. The molecule has 2 aromatic heterocycles. The average molecular weight is 367 g/mol. The van der Waals surface area contributed by atoms with Gasteiger partial charge in [-0.05, 0) is 30.3 Å². The van der Waals surface area contributed by atoms with Gasteiger partial charge in [-0.15, -0.1) is 0 Å². The highest BCUT2D eigenvalue weighted by Gasteiger charge is 2.22. The van der Waals surface area contributed by atoms with Crippen LogP contribution in [0.5, 0.6) is 11.5 Å². The monoisotopic (exact) mass is 367 g/mol. The average Bonchev–Trinajstić information content (AvgIpc) is 3.05. The Labute approximate surface area is 159 Å². The van der Waals surface area contributed by atoms with Gasteiger partial charge in [-0.1, -0.05) is 0 Å². The summed E-state index contributed by atoms with van der Waals surface area (Å²) in [4.78, 5) is 14.0. The van der Waals surface area contributed by atoms with E-state index in [4.69, 9.17) is 14.5 Å². The molecule has 0 amide bonds. The molecule has 142 valence electrons. The number of pyridine rings is 1. The molecule has 1 aromatic carbocycles. The highest BCUT2D eigenvalue weighted by molar-refractivity contribution is 5.74. The second-order valence-corrected chi connectivity index (χ2v) is 6.76. The Hall–Kier alpha value is -2.80. The van der Waals surface area contributed by atoms with Crippen LogP contribution >= 0.6 is 0 Å². The van der Waals surface area contributed by atoms with Crippen molar-refractivity contribution in [3.05, 3.63) is 42.1 Å². The molecule has 3 heterocycles. The number of ether oxygens (including phenoxy) is 2. The summed E-state index contributed by atoms with van der Waals surface area (Å²) in [6.45, 7) is 4.65. The van der Waals surface area contributed by atoms with E-state index in [9.17, 15) is 0 Å². The molecule has 0 saturated carbocycles. The third-order valence-corrected chi connectivity index (χ3v) is 5.14. The number of aromatic nitrogens is 3. The van der Waals surface area contributed by atoms with Gasteiger partial charge < -0.3 is 14.4 Å². The van der Waals surface area contributed by atoms with Crippen molar-refractivity contribution < 1.29 is 9.47 Å². The molecule has 0 unspecified atom stereocenters. The molecule has 0 bridgehead atoms. The Morgan fingerprint density at radius 2 is 1.85 bits per heavy atom. The summed E-state index contributed by atoms with van der Waals surface area (Å²) in [5.74, 6) is 2.75. The van der Waals surface area contributed by atoms with Crippen LogP contribution in [0.15, 0.2) is 36.5 Å². The highest BCUT2D eigenvalue weighted by atomic mass is 16.5. The first-order valence-corrected chi connectivity index (χ1v) is 9.15. The Kier molecular flexibility index (Phi) is 4.85. The van der Waals surface area contributed by atoms with Crippen LogP contribution in [-0.2, 0) is 13.6 Å². The van der Waals surface area contributed by atoms with Crippen LogP contribution in [0.3, 0.4) is 0 Å². The molecule has 0 radical (unpaired) electrons. The highest BCUT2D eigenvalue weighted by Crippen LogP contribution is 2.26. The summed E-state index contributed by atoms with van der Waals surface area (Å²) >= 11 is 0. The van der Waals surface area contributed by atoms with E-state index < -0.39 is 0 Å². The Balaban J connectivity index is 1.45. The number of imidazole rings is 1. The van der Waals surface area contributed by atoms with Crippen LogP contribution in [0, 0.1) is 0 Å². The number of fused-ring (bicyclic) bond motifs is 1. The van der Waals surface area contributed by atoms with E-state index in [1.54, 1.807) is 14.2 Å². The number of piperazine rings is 1. The van der Waals surface area contributed by atoms with Gasteiger partial charge >= 0.3 is 0 Å².